The molecule has 408 valence electrons. The molecule has 0 radical (unpaired) electrons. The van der Waals surface area contributed by atoms with Crippen molar-refractivity contribution in [1.82, 2.24) is 26.2 Å². The fourth-order valence-electron chi connectivity index (χ4n) is 13.0. The van der Waals surface area contributed by atoms with E-state index >= 15 is 0 Å². The third-order valence-corrected chi connectivity index (χ3v) is 17.1. The molecule has 11 atom stereocenters. The maximum Gasteiger partial charge on any atom is 0.407 e. The van der Waals surface area contributed by atoms with E-state index in [1.807, 2.05) is 19.9 Å². The Bertz CT molecular complexity index is 2480. The number of imide groups is 1. The molecule has 3 saturated carbocycles. The van der Waals surface area contributed by atoms with Crippen molar-refractivity contribution in [3.63, 3.8) is 0 Å². The van der Waals surface area contributed by atoms with Crippen molar-refractivity contribution in [2.45, 2.75) is 161 Å². The third kappa shape index (κ3) is 11.6. The molecule has 0 bridgehead atoms. The number of nitrogens with zero attached hydrogens (tertiary/aromatic N) is 1. The highest BCUT2D eigenvalue weighted by Gasteiger charge is 2.80. The van der Waals surface area contributed by atoms with Crippen LogP contribution in [0.15, 0.2) is 60.2 Å². The van der Waals surface area contributed by atoms with E-state index in [9.17, 15) is 48.3 Å². The van der Waals surface area contributed by atoms with Crippen LogP contribution in [0.5, 0.6) is 0 Å². The number of Topliss-reactive ketones (excluding diaryl/α,β-unsaturated/α-hetero) is 1. The number of carbonyl (C=O) groups excluding carboxylic acids is 9. The van der Waals surface area contributed by atoms with Crippen LogP contribution < -0.4 is 32.3 Å². The van der Waals surface area contributed by atoms with Crippen molar-refractivity contribution in [3.05, 3.63) is 65.8 Å². The Hall–Kier alpha value is -6.25. The number of aliphatic hydroxyl groups is 1. The number of nitrogens with one attached hydrogen (secondary N) is 5. The molecule has 1 unspecified atom stereocenters. The average molecular weight is 1040 g/mol. The first-order valence-electron chi connectivity index (χ1n) is 26.5. The number of primary amides is 1. The molecule has 20 nitrogen and oxygen atoms in total. The van der Waals surface area contributed by atoms with Gasteiger partial charge in [-0.25, -0.2) is 9.59 Å². The first-order chi connectivity index (χ1) is 35.6. The molecule has 20 heteroatoms. The number of ketones is 2. The summed E-state index contributed by atoms with van der Waals surface area (Å²) in [7, 11) is 0. The molecule has 1 saturated heterocycles. The lowest BCUT2D eigenvalue weighted by Crippen LogP contribution is -2.66. The third-order valence-electron chi connectivity index (χ3n) is 17.1. The second-order valence-corrected chi connectivity index (χ2v) is 22.1. The number of unbranched alkanes of at least 4 members (excludes halogenated alkanes) is 2. The highest BCUT2D eigenvalue weighted by Crippen LogP contribution is 2.75. The number of carbonyl (C=O) groups is 9. The van der Waals surface area contributed by atoms with Crippen molar-refractivity contribution in [2.24, 2.45) is 39.7 Å². The molecule has 8 amide bonds. The van der Waals surface area contributed by atoms with Crippen LogP contribution in [0.25, 0.3) is 0 Å². The summed E-state index contributed by atoms with van der Waals surface area (Å²) in [4.78, 5) is 117. The number of anilines is 1. The van der Waals surface area contributed by atoms with Crippen LogP contribution in [-0.2, 0) is 54.3 Å². The summed E-state index contributed by atoms with van der Waals surface area (Å²) in [5.74, 6) is -3.27. The maximum atomic E-state index is 14.7. The van der Waals surface area contributed by atoms with E-state index in [0.717, 1.165) is 23.3 Å². The summed E-state index contributed by atoms with van der Waals surface area (Å²) >= 11 is 0. The molecule has 1 aromatic carbocycles. The van der Waals surface area contributed by atoms with Gasteiger partial charge in [0.1, 0.15) is 12.1 Å². The SMILES string of the molecule is CCCC1O[C@@H]2C[C@@]3(C)[C@@H]4CCC5=CC(=O)C=C[C@]5(C)[C@H]4[C@@H](O)C[C@]3(C)[C@]2(C(=O)COC(=O)NCc2ccc(NC(=O)[C@H](CCCNC(N)=O)NC(=O)[C@@H](NC(=O)CCCCCN3C(=O)C=CC3=O)C(C)C)cc2)O1. The van der Waals surface area contributed by atoms with Gasteiger partial charge in [0.25, 0.3) is 11.8 Å². The van der Waals surface area contributed by atoms with E-state index in [1.54, 1.807) is 50.3 Å². The van der Waals surface area contributed by atoms with Crippen molar-refractivity contribution in [2.75, 3.05) is 25.0 Å². The summed E-state index contributed by atoms with van der Waals surface area (Å²) in [5, 5.41) is 25.6. The lowest BCUT2D eigenvalue weighted by molar-refractivity contribution is -0.225. The van der Waals surface area contributed by atoms with Crippen molar-refractivity contribution < 1.29 is 62.5 Å². The number of amides is 8. The zero-order chi connectivity index (χ0) is 54.5. The number of urea groups is 1. The fourth-order valence-corrected chi connectivity index (χ4v) is 13.0. The highest BCUT2D eigenvalue weighted by molar-refractivity contribution is 6.12. The minimum absolute atomic E-state index is 0.0136. The smallest absolute Gasteiger partial charge is 0.407 e. The first kappa shape index (κ1) is 56.5. The molecular formula is C55H75N7O13. The zero-order valence-electron chi connectivity index (χ0n) is 44.0. The van der Waals surface area contributed by atoms with Gasteiger partial charge in [-0.3, -0.25) is 38.5 Å². The summed E-state index contributed by atoms with van der Waals surface area (Å²) in [6.45, 7) is 11.6. The van der Waals surface area contributed by atoms with Crippen LogP contribution in [-0.4, -0.2) is 119 Å². The van der Waals surface area contributed by atoms with Gasteiger partial charge in [-0.05, 0) is 105 Å². The van der Waals surface area contributed by atoms with Crippen LogP contribution >= 0.6 is 0 Å². The Balaban J connectivity index is 0.926. The number of alkyl carbamates (subject to hydrolysis) is 1. The molecule has 2 aliphatic heterocycles. The zero-order valence-corrected chi connectivity index (χ0v) is 44.0. The number of allylic oxidation sites excluding steroid dienone is 4. The Kier molecular flexibility index (Phi) is 17.6. The van der Waals surface area contributed by atoms with Gasteiger partial charge in [0, 0.05) is 60.6 Å². The number of hydrogen-bond acceptors (Lipinski definition) is 13. The molecule has 7 rings (SSSR count). The summed E-state index contributed by atoms with van der Waals surface area (Å²) in [5.41, 5.74) is 3.86. The van der Waals surface area contributed by atoms with E-state index in [4.69, 9.17) is 19.9 Å². The van der Waals surface area contributed by atoms with Gasteiger partial charge in [-0.15, -0.1) is 0 Å². The Morgan fingerprint density at radius 1 is 0.907 bits per heavy atom. The first-order valence-corrected chi connectivity index (χ1v) is 26.5. The number of rotatable bonds is 23. The predicted octanol–water partition coefficient (Wildman–Crippen LogP) is 4.54. The monoisotopic (exact) mass is 1040 g/mol. The quantitative estimate of drug-likeness (QED) is 0.0586. The van der Waals surface area contributed by atoms with Crippen molar-refractivity contribution in [3.8, 4) is 0 Å². The molecule has 0 spiro atoms. The highest BCUT2D eigenvalue weighted by atomic mass is 16.7. The van der Waals surface area contributed by atoms with E-state index < -0.39 is 88.8 Å². The minimum Gasteiger partial charge on any atom is -0.441 e. The number of hydrogen-bond donors (Lipinski definition) is 7. The van der Waals surface area contributed by atoms with Gasteiger partial charge in [0.05, 0.1) is 12.2 Å². The normalized spacial score (nSPS) is 30.1. The number of aliphatic hydroxyl groups excluding tert-OH is 1. The Morgan fingerprint density at radius 3 is 2.31 bits per heavy atom. The van der Waals surface area contributed by atoms with Gasteiger partial charge in [-0.2, -0.15) is 0 Å². The molecule has 4 fully saturated rings. The topological polar surface area (TPSA) is 291 Å². The standard InChI is InChI=1S/C55H75N7O13/c1-7-12-45-74-41-29-53(5)37-20-17-34-27-36(63)23-24-52(34,4)46(37)39(64)28-54(53,6)55(41,75-45)40(65)31-73-51(72)58-30-33-15-18-35(19-16-33)59-48(69)38(13-11-25-57-50(56)71)60-49(70)47(32(2)3)61-42(66)14-9-8-10-26-62-43(67)21-22-44(62)68/h15-16,18-19,21-24,27,32,37-39,41,45-47,64H,7-14,17,20,25-26,28-31H2,1-6H3,(H,58,72)(H,59,69)(H,60,70)(H,61,66)(H3,56,57,71)/t37-,38+,39+,41-,45?,46-,47+,52+,53+,54+,55-/m1/s1. The van der Waals surface area contributed by atoms with Gasteiger partial charge in [0.15, 0.2) is 24.3 Å². The van der Waals surface area contributed by atoms with Crippen molar-refractivity contribution in [1.29, 1.82) is 0 Å². The largest absolute Gasteiger partial charge is 0.441 e. The molecule has 1 aromatic rings. The molecular weight excluding hydrogens is 967 g/mol. The van der Waals surface area contributed by atoms with E-state index in [2.05, 4.69) is 40.4 Å². The molecule has 6 aliphatic rings. The molecule has 75 heavy (non-hydrogen) atoms. The van der Waals surface area contributed by atoms with Crippen LogP contribution in [0.2, 0.25) is 0 Å². The second kappa shape index (κ2) is 23.3. The Morgan fingerprint density at radius 2 is 1.63 bits per heavy atom. The van der Waals surface area contributed by atoms with Crippen LogP contribution in [0, 0.1) is 34.0 Å². The number of nitrogens with two attached hydrogens (primary N) is 1. The van der Waals surface area contributed by atoms with E-state index in [1.165, 1.54) is 12.2 Å². The van der Waals surface area contributed by atoms with Gasteiger partial charge in [-0.1, -0.05) is 78.2 Å². The lowest BCUT2D eigenvalue weighted by atomic mass is 9.41. The van der Waals surface area contributed by atoms with E-state index in [0.29, 0.717) is 49.8 Å². The van der Waals surface area contributed by atoms with Crippen LogP contribution in [0.3, 0.4) is 0 Å². The minimum atomic E-state index is -1.49. The molecule has 4 aliphatic carbocycles. The number of ether oxygens (including phenoxy) is 3. The molecule has 8 N–H and O–H groups in total. The number of fused-ring (bicyclic) bond motifs is 7. The maximum absolute atomic E-state index is 14.7. The van der Waals surface area contributed by atoms with E-state index in [-0.39, 0.29) is 86.6 Å². The second-order valence-electron chi connectivity index (χ2n) is 22.1. The summed E-state index contributed by atoms with van der Waals surface area (Å²) < 4.78 is 18.9. The molecule has 2 heterocycles. The lowest BCUT2D eigenvalue weighted by Gasteiger charge is -2.64. The average Bonchev–Trinajstić information content (AvgIpc) is 3.95. The van der Waals surface area contributed by atoms with Crippen LogP contribution in [0.4, 0.5) is 15.3 Å². The van der Waals surface area contributed by atoms with Gasteiger partial charge in [0.2, 0.25) is 23.5 Å². The van der Waals surface area contributed by atoms with Crippen molar-refractivity contribution >= 4 is 58.9 Å². The summed E-state index contributed by atoms with van der Waals surface area (Å²) in [6, 6.07) is 3.79. The molecule has 0 aromatic heterocycles. The number of benzene rings is 1. The Labute approximate surface area is 438 Å². The fraction of sp³-hybridized carbons (Fsp3) is 0.618. The summed E-state index contributed by atoms with van der Waals surface area (Å²) in [6.07, 6.45) is 10.3. The van der Waals surface area contributed by atoms with Gasteiger partial charge >= 0.3 is 12.1 Å². The predicted molar refractivity (Wildman–Crippen MR) is 274 cm³/mol. The van der Waals surface area contributed by atoms with Gasteiger partial charge < -0.3 is 51.6 Å². The van der Waals surface area contributed by atoms with Crippen LogP contribution in [0.1, 0.15) is 124 Å².